The van der Waals surface area contributed by atoms with E-state index < -0.39 is 9.84 Å². The van der Waals surface area contributed by atoms with Gasteiger partial charge in [-0.05, 0) is 32.7 Å². The van der Waals surface area contributed by atoms with Crippen molar-refractivity contribution in [3.63, 3.8) is 0 Å². The lowest BCUT2D eigenvalue weighted by molar-refractivity contribution is 0.286. The number of rotatable bonds is 7. The molecule has 0 aromatic heterocycles. The second-order valence-corrected chi connectivity index (χ2v) is 8.09. The molecule has 0 radical (unpaired) electrons. The minimum atomic E-state index is -2.85. The van der Waals surface area contributed by atoms with Gasteiger partial charge in [-0.15, -0.1) is 24.0 Å². The zero-order chi connectivity index (χ0) is 15.3. The maximum Gasteiger partial charge on any atom is 0.191 e. The summed E-state index contributed by atoms with van der Waals surface area (Å²) in [6, 6.07) is 0.763. The minimum absolute atomic E-state index is 0. The van der Waals surface area contributed by atoms with Crippen molar-refractivity contribution in [1.82, 2.24) is 15.5 Å². The summed E-state index contributed by atoms with van der Waals surface area (Å²) in [7, 11) is -2.85. The molecule has 0 amide bonds. The number of halogens is 1. The van der Waals surface area contributed by atoms with Gasteiger partial charge < -0.3 is 10.6 Å². The van der Waals surface area contributed by atoms with Crippen LogP contribution in [-0.4, -0.2) is 69.0 Å². The van der Waals surface area contributed by atoms with Gasteiger partial charge in [-0.1, -0.05) is 6.92 Å². The SMILES string of the molecule is CCNC(=NCCN(CC)C1CC1)NC1CCS(=O)(=O)C1.I. The van der Waals surface area contributed by atoms with Crippen molar-refractivity contribution in [3.05, 3.63) is 0 Å². The highest BCUT2D eigenvalue weighted by atomic mass is 127. The molecule has 6 nitrogen and oxygen atoms in total. The van der Waals surface area contributed by atoms with Gasteiger partial charge in [0.1, 0.15) is 0 Å². The third-order valence-electron chi connectivity index (χ3n) is 4.04. The number of guanidine groups is 1. The predicted octanol–water partition coefficient (Wildman–Crippen LogP) is 0.831. The number of hydrogen-bond acceptors (Lipinski definition) is 4. The van der Waals surface area contributed by atoms with Crippen LogP contribution < -0.4 is 10.6 Å². The number of aliphatic imine (C=N–C) groups is 1. The molecule has 1 saturated heterocycles. The number of nitrogens with zero attached hydrogens (tertiary/aromatic N) is 2. The Morgan fingerprint density at radius 2 is 2.00 bits per heavy atom. The molecule has 1 aliphatic heterocycles. The van der Waals surface area contributed by atoms with Crippen LogP contribution in [0, 0.1) is 0 Å². The first kappa shape index (κ1) is 20.0. The highest BCUT2D eigenvalue weighted by Crippen LogP contribution is 2.25. The Balaban J connectivity index is 0.00000242. The predicted molar refractivity (Wildman–Crippen MR) is 102 cm³/mol. The quantitative estimate of drug-likeness (QED) is 0.346. The van der Waals surface area contributed by atoms with Crippen molar-refractivity contribution in [2.24, 2.45) is 4.99 Å². The van der Waals surface area contributed by atoms with Crippen LogP contribution in [0.3, 0.4) is 0 Å². The van der Waals surface area contributed by atoms with Crippen LogP contribution in [0.2, 0.25) is 0 Å². The summed E-state index contributed by atoms with van der Waals surface area (Å²) in [6.07, 6.45) is 3.31. The van der Waals surface area contributed by atoms with E-state index in [1.807, 2.05) is 6.92 Å². The van der Waals surface area contributed by atoms with Crippen LogP contribution in [0.25, 0.3) is 0 Å². The van der Waals surface area contributed by atoms with Crippen molar-refractivity contribution < 1.29 is 8.42 Å². The van der Waals surface area contributed by atoms with Crippen molar-refractivity contribution in [3.8, 4) is 0 Å². The zero-order valence-corrected chi connectivity index (χ0v) is 16.7. The van der Waals surface area contributed by atoms with Crippen molar-refractivity contribution in [2.45, 2.75) is 45.2 Å². The molecule has 0 aromatic carbocycles. The van der Waals surface area contributed by atoms with Gasteiger partial charge in [0.2, 0.25) is 0 Å². The molecule has 1 saturated carbocycles. The molecule has 1 atom stereocenters. The average molecular weight is 444 g/mol. The highest BCUT2D eigenvalue weighted by Gasteiger charge is 2.29. The molecule has 1 aliphatic carbocycles. The molecule has 0 aromatic rings. The van der Waals surface area contributed by atoms with Gasteiger partial charge in [0.25, 0.3) is 0 Å². The van der Waals surface area contributed by atoms with E-state index in [2.05, 4.69) is 27.4 Å². The van der Waals surface area contributed by atoms with Crippen molar-refractivity contribution in [2.75, 3.05) is 37.7 Å². The number of hydrogen-bond donors (Lipinski definition) is 2. The molecule has 1 unspecified atom stereocenters. The Morgan fingerprint density at radius 1 is 1.27 bits per heavy atom. The van der Waals surface area contributed by atoms with Gasteiger partial charge in [-0.3, -0.25) is 9.89 Å². The zero-order valence-electron chi connectivity index (χ0n) is 13.5. The average Bonchev–Trinajstić information content (AvgIpc) is 3.20. The largest absolute Gasteiger partial charge is 0.357 e. The lowest BCUT2D eigenvalue weighted by Crippen LogP contribution is -2.44. The van der Waals surface area contributed by atoms with Crippen LogP contribution in [0.4, 0.5) is 0 Å². The molecule has 2 rings (SSSR count). The topological polar surface area (TPSA) is 73.8 Å². The van der Waals surface area contributed by atoms with Crippen LogP contribution >= 0.6 is 24.0 Å². The van der Waals surface area contributed by atoms with Crippen LogP contribution in [0.15, 0.2) is 4.99 Å². The van der Waals surface area contributed by atoms with Crippen LogP contribution in [-0.2, 0) is 9.84 Å². The van der Waals surface area contributed by atoms with E-state index in [9.17, 15) is 8.42 Å². The van der Waals surface area contributed by atoms with Crippen molar-refractivity contribution >= 4 is 39.8 Å². The summed E-state index contributed by atoms with van der Waals surface area (Å²) >= 11 is 0. The molecule has 0 spiro atoms. The fourth-order valence-electron chi connectivity index (χ4n) is 2.75. The first-order chi connectivity index (χ1) is 10.0. The monoisotopic (exact) mass is 444 g/mol. The van der Waals surface area contributed by atoms with Crippen molar-refractivity contribution in [1.29, 1.82) is 0 Å². The highest BCUT2D eigenvalue weighted by molar-refractivity contribution is 14.0. The summed E-state index contributed by atoms with van der Waals surface area (Å²) in [5.41, 5.74) is 0. The normalized spacial score (nSPS) is 24.1. The second kappa shape index (κ2) is 9.27. The summed E-state index contributed by atoms with van der Waals surface area (Å²) < 4.78 is 23.0. The van der Waals surface area contributed by atoms with E-state index in [1.54, 1.807) is 0 Å². The molecular formula is C14H29IN4O2S. The van der Waals surface area contributed by atoms with E-state index in [0.717, 1.165) is 38.2 Å². The Morgan fingerprint density at radius 3 is 2.50 bits per heavy atom. The third kappa shape index (κ3) is 6.57. The van der Waals surface area contributed by atoms with Gasteiger partial charge >= 0.3 is 0 Å². The number of likely N-dealkylation sites (N-methyl/N-ethyl adjacent to an activating group) is 1. The lowest BCUT2D eigenvalue weighted by Gasteiger charge is -2.19. The first-order valence-corrected chi connectivity index (χ1v) is 9.85. The third-order valence-corrected chi connectivity index (χ3v) is 5.81. The molecule has 2 fully saturated rings. The summed E-state index contributed by atoms with van der Waals surface area (Å²) in [5, 5.41) is 6.45. The second-order valence-electron chi connectivity index (χ2n) is 5.86. The molecule has 1 heterocycles. The van der Waals surface area contributed by atoms with Gasteiger partial charge in [0, 0.05) is 25.2 Å². The van der Waals surface area contributed by atoms with Gasteiger partial charge in [-0.25, -0.2) is 8.42 Å². The molecular weight excluding hydrogens is 415 g/mol. The maximum absolute atomic E-state index is 11.5. The summed E-state index contributed by atoms with van der Waals surface area (Å²) in [6.45, 7) is 7.79. The Labute approximate surface area is 151 Å². The summed E-state index contributed by atoms with van der Waals surface area (Å²) in [5.74, 6) is 1.25. The Kier molecular flexibility index (Phi) is 8.40. The first-order valence-electron chi connectivity index (χ1n) is 8.03. The van der Waals surface area contributed by atoms with Gasteiger partial charge in [-0.2, -0.15) is 0 Å². The lowest BCUT2D eigenvalue weighted by atomic mass is 10.3. The van der Waals surface area contributed by atoms with E-state index in [1.165, 1.54) is 12.8 Å². The van der Waals surface area contributed by atoms with Gasteiger partial charge in [0.15, 0.2) is 15.8 Å². The standard InChI is InChI=1S/C14H28N4O2S.HI/c1-3-15-14(17-12-7-10-21(19,20)11-12)16-8-9-18(4-2)13-5-6-13;/h12-13H,3-11H2,1-2H3,(H2,15,16,17);1H. The molecule has 2 aliphatic rings. The molecule has 2 N–H and O–H groups in total. The fourth-order valence-corrected chi connectivity index (χ4v) is 4.42. The van der Waals surface area contributed by atoms with E-state index >= 15 is 0 Å². The van der Waals surface area contributed by atoms with E-state index in [-0.39, 0.29) is 41.5 Å². The molecule has 22 heavy (non-hydrogen) atoms. The molecule has 0 bridgehead atoms. The van der Waals surface area contributed by atoms with E-state index in [0.29, 0.717) is 6.42 Å². The molecule has 8 heteroatoms. The number of nitrogens with one attached hydrogen (secondary N) is 2. The van der Waals surface area contributed by atoms with Gasteiger partial charge in [0.05, 0.1) is 18.1 Å². The maximum atomic E-state index is 11.5. The Bertz CT molecular complexity index is 465. The smallest absolute Gasteiger partial charge is 0.191 e. The molecule has 130 valence electrons. The fraction of sp³-hybridized carbons (Fsp3) is 0.929. The minimum Gasteiger partial charge on any atom is -0.357 e. The van der Waals surface area contributed by atoms with E-state index in [4.69, 9.17) is 0 Å². The van der Waals surface area contributed by atoms with Crippen LogP contribution in [0.1, 0.15) is 33.1 Å². The number of sulfone groups is 1. The Hall–Kier alpha value is -0.0900. The van der Waals surface area contributed by atoms with Crippen LogP contribution in [0.5, 0.6) is 0 Å². The summed E-state index contributed by atoms with van der Waals surface area (Å²) in [4.78, 5) is 7.05.